The zero-order chi connectivity index (χ0) is 40.8. The van der Waals surface area contributed by atoms with Crippen molar-refractivity contribution in [3.63, 3.8) is 0 Å². The monoisotopic (exact) mass is 788 g/mol. The fourth-order valence-electron chi connectivity index (χ4n) is 7.58. The Bertz CT molecular complexity index is 870. The number of unbranched alkanes of at least 4 members (excludes halogenated alkanes) is 33. The molecule has 0 aromatic carbocycles. The number of aliphatic hydroxyl groups excluding tert-OH is 3. The molecule has 0 saturated heterocycles. The molecule has 330 valence electrons. The van der Waals surface area contributed by atoms with Gasteiger partial charge < -0.3 is 20.6 Å². The number of aliphatic hydroxyl groups is 3. The second-order valence-electron chi connectivity index (χ2n) is 17.0. The molecule has 0 aromatic rings. The highest BCUT2D eigenvalue weighted by Crippen LogP contribution is 2.17. The molecule has 0 heterocycles. The molecule has 5 nitrogen and oxygen atoms in total. The fourth-order valence-corrected chi connectivity index (χ4v) is 7.58. The third kappa shape index (κ3) is 40.8. The van der Waals surface area contributed by atoms with Gasteiger partial charge in [-0.25, -0.2) is 0 Å². The van der Waals surface area contributed by atoms with Crippen LogP contribution in [0, 0.1) is 0 Å². The number of allylic oxidation sites excluding steroid dienone is 5. The SMILES string of the molecule is CCC/C=C/CC/C=C/CC/C=C/C(O)C(CO)NC(=O)C(O)CCCCCCCCCCCCCCCCCCCCCCCCCCCCCCCCC. The Morgan fingerprint density at radius 1 is 0.429 bits per heavy atom. The van der Waals surface area contributed by atoms with E-state index in [2.05, 4.69) is 43.5 Å². The maximum Gasteiger partial charge on any atom is 0.249 e. The molecule has 1 amide bonds. The van der Waals surface area contributed by atoms with Gasteiger partial charge in [0.2, 0.25) is 5.91 Å². The lowest BCUT2D eigenvalue weighted by molar-refractivity contribution is -0.131. The van der Waals surface area contributed by atoms with Crippen LogP contribution in [0.25, 0.3) is 0 Å². The van der Waals surface area contributed by atoms with Crippen LogP contribution in [0.15, 0.2) is 36.5 Å². The van der Waals surface area contributed by atoms with E-state index in [4.69, 9.17) is 0 Å². The van der Waals surface area contributed by atoms with Crippen LogP contribution in [-0.2, 0) is 4.79 Å². The lowest BCUT2D eigenvalue weighted by atomic mass is 10.0. The van der Waals surface area contributed by atoms with Crippen molar-refractivity contribution in [3.05, 3.63) is 36.5 Å². The number of hydrogen-bond donors (Lipinski definition) is 4. The first-order valence-electron chi connectivity index (χ1n) is 24.8. The highest BCUT2D eigenvalue weighted by atomic mass is 16.3. The molecule has 0 aliphatic carbocycles. The Morgan fingerprint density at radius 2 is 0.732 bits per heavy atom. The van der Waals surface area contributed by atoms with E-state index in [0.29, 0.717) is 6.42 Å². The molecule has 0 aliphatic heterocycles. The third-order valence-electron chi connectivity index (χ3n) is 11.4. The van der Waals surface area contributed by atoms with Gasteiger partial charge in [-0.05, 0) is 38.5 Å². The van der Waals surface area contributed by atoms with Gasteiger partial charge in [0.05, 0.1) is 18.8 Å². The predicted octanol–water partition coefficient (Wildman–Crippen LogP) is 14.7. The van der Waals surface area contributed by atoms with Gasteiger partial charge in [-0.2, -0.15) is 0 Å². The summed E-state index contributed by atoms with van der Waals surface area (Å²) < 4.78 is 0. The summed E-state index contributed by atoms with van der Waals surface area (Å²) in [4.78, 5) is 12.5. The minimum Gasteiger partial charge on any atom is -0.394 e. The van der Waals surface area contributed by atoms with Crippen molar-refractivity contribution >= 4 is 5.91 Å². The molecule has 3 atom stereocenters. The standard InChI is InChI=1S/C51H97NO4/c1-3-5-7-9-11-13-15-16-17-18-19-20-21-22-23-24-25-26-27-28-29-30-31-32-33-34-36-38-40-42-44-46-50(55)51(56)52-48(47-53)49(54)45-43-41-39-37-35-14-12-10-8-6-4-2/h8,10,35,37,43,45,48-50,53-55H,3-7,9,11-34,36,38-42,44,46-47H2,1-2H3,(H,52,56)/b10-8+,37-35+,45-43+. The number of rotatable bonds is 45. The summed E-state index contributed by atoms with van der Waals surface area (Å²) in [6.45, 7) is 4.10. The van der Waals surface area contributed by atoms with Crippen molar-refractivity contribution in [2.45, 2.75) is 276 Å². The lowest BCUT2D eigenvalue weighted by Gasteiger charge is -2.21. The number of nitrogens with one attached hydrogen (secondary N) is 1. The van der Waals surface area contributed by atoms with Crippen LogP contribution < -0.4 is 5.32 Å². The molecule has 0 spiro atoms. The first-order chi connectivity index (χ1) is 27.6. The van der Waals surface area contributed by atoms with Crippen LogP contribution in [0.5, 0.6) is 0 Å². The van der Waals surface area contributed by atoms with Gasteiger partial charge in [-0.15, -0.1) is 0 Å². The zero-order valence-corrected chi connectivity index (χ0v) is 37.5. The molecular formula is C51H97NO4. The molecule has 5 heteroatoms. The highest BCUT2D eigenvalue weighted by molar-refractivity contribution is 5.80. The summed E-state index contributed by atoms with van der Waals surface area (Å²) in [7, 11) is 0. The van der Waals surface area contributed by atoms with Crippen molar-refractivity contribution in [1.82, 2.24) is 5.32 Å². The van der Waals surface area contributed by atoms with Gasteiger partial charge in [0, 0.05) is 0 Å². The van der Waals surface area contributed by atoms with Gasteiger partial charge in [0.25, 0.3) is 0 Å². The summed E-state index contributed by atoms with van der Waals surface area (Å²) in [5.41, 5.74) is 0. The second-order valence-corrected chi connectivity index (χ2v) is 17.0. The number of carbonyl (C=O) groups excluding carboxylic acids is 1. The summed E-state index contributed by atoms with van der Waals surface area (Å²) in [5.74, 6) is -0.516. The number of amides is 1. The van der Waals surface area contributed by atoms with E-state index in [9.17, 15) is 20.1 Å². The van der Waals surface area contributed by atoms with Gasteiger partial charge in [0.15, 0.2) is 0 Å². The largest absolute Gasteiger partial charge is 0.394 e. The molecule has 0 aromatic heterocycles. The molecular weight excluding hydrogens is 691 g/mol. The minimum atomic E-state index is -1.11. The van der Waals surface area contributed by atoms with Crippen LogP contribution in [0.2, 0.25) is 0 Å². The number of carbonyl (C=O) groups is 1. The fraction of sp³-hybridized carbons (Fsp3) is 0.863. The molecule has 4 N–H and O–H groups in total. The van der Waals surface area contributed by atoms with Crippen molar-refractivity contribution in [2.75, 3.05) is 6.61 Å². The molecule has 0 aliphatic rings. The van der Waals surface area contributed by atoms with E-state index in [1.54, 1.807) is 6.08 Å². The Morgan fingerprint density at radius 3 is 1.05 bits per heavy atom. The van der Waals surface area contributed by atoms with Gasteiger partial charge in [-0.3, -0.25) is 4.79 Å². The molecule has 0 radical (unpaired) electrons. The Labute approximate surface area is 349 Å². The quantitative estimate of drug-likeness (QED) is 0.0365. The Hall–Kier alpha value is -1.43. The van der Waals surface area contributed by atoms with Gasteiger partial charge >= 0.3 is 0 Å². The van der Waals surface area contributed by atoms with Crippen LogP contribution >= 0.6 is 0 Å². The number of hydrogen-bond acceptors (Lipinski definition) is 4. The van der Waals surface area contributed by atoms with E-state index in [-0.39, 0.29) is 6.61 Å². The van der Waals surface area contributed by atoms with Gasteiger partial charge in [-0.1, -0.05) is 256 Å². The Balaban J connectivity index is 3.49. The molecule has 0 rings (SSSR count). The van der Waals surface area contributed by atoms with Gasteiger partial charge in [0.1, 0.15) is 6.10 Å². The van der Waals surface area contributed by atoms with E-state index in [0.717, 1.165) is 51.4 Å². The molecule has 3 unspecified atom stereocenters. The average molecular weight is 788 g/mol. The third-order valence-corrected chi connectivity index (χ3v) is 11.4. The van der Waals surface area contributed by atoms with Crippen LogP contribution in [0.1, 0.15) is 258 Å². The normalized spacial score (nSPS) is 13.7. The van der Waals surface area contributed by atoms with E-state index < -0.39 is 24.2 Å². The summed E-state index contributed by atoms with van der Waals surface area (Å²) in [6.07, 6.45) is 59.4. The average Bonchev–Trinajstić information content (AvgIpc) is 3.20. The van der Waals surface area contributed by atoms with Crippen LogP contribution in [0.4, 0.5) is 0 Å². The first kappa shape index (κ1) is 54.6. The van der Waals surface area contributed by atoms with Crippen LogP contribution in [0.3, 0.4) is 0 Å². The van der Waals surface area contributed by atoms with E-state index in [1.165, 1.54) is 186 Å². The van der Waals surface area contributed by atoms with E-state index in [1.807, 2.05) is 6.08 Å². The molecule has 0 fully saturated rings. The zero-order valence-electron chi connectivity index (χ0n) is 37.5. The predicted molar refractivity (Wildman–Crippen MR) is 245 cm³/mol. The summed E-state index contributed by atoms with van der Waals surface area (Å²) in [6, 6.07) is -0.817. The van der Waals surface area contributed by atoms with E-state index >= 15 is 0 Å². The Kier molecular flexibility index (Phi) is 45.1. The van der Waals surface area contributed by atoms with Crippen molar-refractivity contribution in [1.29, 1.82) is 0 Å². The van der Waals surface area contributed by atoms with Crippen molar-refractivity contribution < 1.29 is 20.1 Å². The van der Waals surface area contributed by atoms with Crippen molar-refractivity contribution in [3.8, 4) is 0 Å². The summed E-state index contributed by atoms with van der Waals surface area (Å²) in [5, 5.41) is 33.0. The molecule has 0 bridgehead atoms. The lowest BCUT2D eigenvalue weighted by Crippen LogP contribution is -2.48. The highest BCUT2D eigenvalue weighted by Gasteiger charge is 2.22. The first-order valence-corrected chi connectivity index (χ1v) is 24.8. The summed E-state index contributed by atoms with van der Waals surface area (Å²) >= 11 is 0. The van der Waals surface area contributed by atoms with Crippen LogP contribution in [-0.4, -0.2) is 46.1 Å². The molecule has 56 heavy (non-hydrogen) atoms. The van der Waals surface area contributed by atoms with Crippen molar-refractivity contribution in [2.24, 2.45) is 0 Å². The maximum atomic E-state index is 12.5. The molecule has 0 saturated carbocycles. The topological polar surface area (TPSA) is 89.8 Å². The maximum absolute atomic E-state index is 12.5. The second kappa shape index (κ2) is 46.3. The minimum absolute atomic E-state index is 0.380. The smallest absolute Gasteiger partial charge is 0.249 e.